The number of hydrogen-bond acceptors (Lipinski definition) is 5. The summed E-state index contributed by atoms with van der Waals surface area (Å²) in [5.41, 5.74) is 30.6. The first-order chi connectivity index (χ1) is 68.7. The summed E-state index contributed by atoms with van der Waals surface area (Å²) in [6.07, 6.45) is 10.5. The fraction of sp³-hybridized carbons (Fsp3) is 0.412. The molecule has 3 heterocycles. The average molecular weight is 2050 g/mol. The maximum Gasteiger partial charge on any atom is 0.142 e. The van der Waals surface area contributed by atoms with Crippen LogP contribution in [0.2, 0.25) is 20.2 Å². The Hall–Kier alpha value is -10.3. The number of halogens is 5. The molecule has 0 radical (unpaired) electrons. The normalized spacial score (nSPS) is 11.0. The number of rotatable bonds is 17. The molecule has 1 aliphatic carbocycles. The van der Waals surface area contributed by atoms with Gasteiger partial charge in [-0.1, -0.05) is 514 Å². The Morgan fingerprint density at radius 2 is 0.603 bits per heavy atom. The van der Waals surface area contributed by atoms with Crippen LogP contribution in [0.25, 0.3) is 0 Å². The molecule has 1 fully saturated rings. The van der Waals surface area contributed by atoms with Crippen LogP contribution in [0.1, 0.15) is 418 Å². The fourth-order valence-corrected chi connectivity index (χ4v) is 14.2. The second-order valence-electron chi connectivity index (χ2n) is 42.9. The van der Waals surface area contributed by atoms with Crippen molar-refractivity contribution in [1.29, 1.82) is 0 Å². The molecule has 0 bridgehead atoms. The van der Waals surface area contributed by atoms with Crippen molar-refractivity contribution >= 4 is 46.4 Å². The van der Waals surface area contributed by atoms with Crippen LogP contribution in [-0.4, -0.2) is 26.0 Å². The highest BCUT2D eigenvalue weighted by Crippen LogP contribution is 2.45. The molecular weight excluding hydrogens is 1870 g/mol. The number of nitrogens with zero attached hydrogens (tertiary/aromatic N) is 4. The summed E-state index contributed by atoms with van der Waals surface area (Å²) in [6, 6.07) is 97.6. The largest absolute Gasteiger partial charge is 0.491 e. The first-order valence-electron chi connectivity index (χ1n) is 53.2. The standard InChI is InChI=1S/C12H14ClF.C11H16.C10H14O.8C10H14.2C8H10ClN.C7H9ClN2/c1-7(2)9-5-10(8-3-4-8)12(13)11(14)6-9;1-8(2)11-6-5-9(3)10(4)7-11;1-8(2)11-10-6-4-9(3)5-7-10;6*1-8(2)10-6-4-9(3)5-7-10;1-8(2)10-6-4-5-9(3)7-10;1-9(2)8-10-6-4-3-5-7-10;1-6(2)8-4-3-7(9)5-10-8;1-6(2)7-3-4-8(9)10-5-7;1-5(2)7-9-3-6(8)4-10-7/h5-8H,3-4H2,1-2H3;5-8H,1-4H3;4-8H,1-3H3;7*4-8H,1-3H3;3-7,9H,8H2,1-2H3;2*3-6H,1-2H3;3-5H,1-2H3. The highest BCUT2D eigenvalue weighted by atomic mass is 35.5. The molecule has 0 amide bonds. The summed E-state index contributed by atoms with van der Waals surface area (Å²) in [7, 11) is 0. The number of ether oxygens (including phenoxy) is 1. The van der Waals surface area contributed by atoms with Crippen LogP contribution in [0.4, 0.5) is 4.39 Å². The van der Waals surface area contributed by atoms with Crippen molar-refractivity contribution in [3.05, 3.63) is 464 Å². The Morgan fingerprint density at radius 1 is 0.267 bits per heavy atom. The Morgan fingerprint density at radius 3 is 0.884 bits per heavy atom. The van der Waals surface area contributed by atoms with Gasteiger partial charge in [0, 0.05) is 36.4 Å². The minimum absolute atomic E-state index is 0.262. The lowest BCUT2D eigenvalue weighted by molar-refractivity contribution is 0.242. The zero-order chi connectivity index (χ0) is 110. The third-order valence-electron chi connectivity index (χ3n) is 23.9. The van der Waals surface area contributed by atoms with Crippen molar-refractivity contribution in [2.75, 3.05) is 0 Å². The number of benzene rings is 11. The van der Waals surface area contributed by atoms with Gasteiger partial charge in [-0.3, -0.25) is 4.98 Å². The van der Waals surface area contributed by atoms with Gasteiger partial charge in [0.25, 0.3) is 0 Å². The van der Waals surface area contributed by atoms with Gasteiger partial charge in [0.15, 0.2) is 0 Å². The van der Waals surface area contributed by atoms with Gasteiger partial charge in [0.05, 0.1) is 21.2 Å². The molecule has 0 saturated heterocycles. The van der Waals surface area contributed by atoms with E-state index in [2.05, 4.69) is 492 Å². The number of hydrogen-bond donors (Lipinski definition) is 0. The molecule has 14 aromatic rings. The van der Waals surface area contributed by atoms with E-state index in [1.54, 1.807) is 24.7 Å². The quantitative estimate of drug-likeness (QED) is 0.0850. The zero-order valence-corrected chi connectivity index (χ0v) is 99.8. The molecule has 790 valence electrons. The van der Waals surface area contributed by atoms with E-state index >= 15 is 0 Å². The van der Waals surface area contributed by atoms with E-state index in [9.17, 15) is 4.39 Å². The Bertz CT molecular complexity index is 5020. The van der Waals surface area contributed by atoms with E-state index in [0.29, 0.717) is 97.2 Å². The number of aryl methyl sites for hydroxylation is 10. The van der Waals surface area contributed by atoms with Crippen LogP contribution in [-0.2, 0) is 6.42 Å². The summed E-state index contributed by atoms with van der Waals surface area (Å²) in [4.78, 5) is 16.2. The molecule has 15 rings (SSSR count). The number of pyridine rings is 2. The maximum absolute atomic E-state index is 13.5. The van der Waals surface area contributed by atoms with Crippen molar-refractivity contribution in [1.82, 2.24) is 19.9 Å². The molecule has 0 atom stereocenters. The van der Waals surface area contributed by atoms with E-state index < -0.39 is 0 Å². The van der Waals surface area contributed by atoms with Crippen molar-refractivity contribution in [2.45, 2.75) is 365 Å². The Balaban J connectivity index is 0.000000532. The van der Waals surface area contributed by atoms with Crippen LogP contribution in [0.15, 0.2) is 304 Å². The van der Waals surface area contributed by atoms with Gasteiger partial charge in [0.2, 0.25) is 0 Å². The number of aromatic nitrogens is 4. The molecule has 11 aromatic carbocycles. The first-order valence-corrected chi connectivity index (χ1v) is 54.7. The molecule has 0 spiro atoms. The van der Waals surface area contributed by atoms with E-state index in [0.717, 1.165) is 47.2 Å². The Labute approximate surface area is 909 Å². The highest BCUT2D eigenvalue weighted by molar-refractivity contribution is 6.31. The summed E-state index contributed by atoms with van der Waals surface area (Å²) in [5.74, 6) is 9.77. The molecule has 0 aliphatic heterocycles. The van der Waals surface area contributed by atoms with Gasteiger partial charge in [-0.15, -0.1) is 0 Å². The van der Waals surface area contributed by atoms with Gasteiger partial charge in [-0.2, -0.15) is 0 Å². The zero-order valence-electron chi connectivity index (χ0n) is 96.7. The van der Waals surface area contributed by atoms with Crippen LogP contribution in [0.3, 0.4) is 0 Å². The van der Waals surface area contributed by atoms with Crippen molar-refractivity contribution < 1.29 is 9.13 Å². The van der Waals surface area contributed by atoms with Gasteiger partial charge >= 0.3 is 0 Å². The lowest BCUT2D eigenvalue weighted by atomic mass is 9.99. The summed E-state index contributed by atoms with van der Waals surface area (Å²) >= 11 is 22.8. The van der Waals surface area contributed by atoms with Crippen LogP contribution >= 0.6 is 46.4 Å². The van der Waals surface area contributed by atoms with Crippen LogP contribution < -0.4 is 4.74 Å². The highest BCUT2D eigenvalue weighted by Gasteiger charge is 2.28. The molecule has 0 unspecified atom stereocenters. The predicted molar refractivity (Wildman–Crippen MR) is 644 cm³/mol. The monoisotopic (exact) mass is 2050 g/mol. The van der Waals surface area contributed by atoms with E-state index in [1.807, 2.05) is 70.3 Å². The maximum atomic E-state index is 13.5. The van der Waals surface area contributed by atoms with E-state index in [4.69, 9.17) is 51.1 Å². The van der Waals surface area contributed by atoms with Gasteiger partial charge < -0.3 is 4.74 Å². The molecule has 3 aromatic heterocycles. The van der Waals surface area contributed by atoms with E-state index in [-0.39, 0.29) is 11.9 Å². The van der Waals surface area contributed by atoms with Crippen molar-refractivity contribution in [3.63, 3.8) is 0 Å². The molecule has 1 aliphatic rings. The van der Waals surface area contributed by atoms with Gasteiger partial charge in [-0.25, -0.2) is 19.3 Å². The van der Waals surface area contributed by atoms with Crippen LogP contribution in [0.5, 0.6) is 5.75 Å². The molecular formula is C136H185Cl4FN4O. The average Bonchev–Trinajstić information content (AvgIpc) is 1.65. The third-order valence-corrected chi connectivity index (χ3v) is 25.0. The smallest absolute Gasteiger partial charge is 0.142 e. The van der Waals surface area contributed by atoms with Crippen molar-refractivity contribution in [3.8, 4) is 5.75 Å². The molecule has 5 nitrogen and oxygen atoms in total. The second-order valence-corrected chi connectivity index (χ2v) is 44.5. The van der Waals surface area contributed by atoms with Crippen LogP contribution in [0, 0.1) is 81.0 Å². The SMILES string of the molecule is CC(C)Cc1ccccc1.CC(C)c1cc(F)c(Cl)c(C2CC2)c1.CC(C)c1ccc(Cl)cn1.CC(C)c1ccc(Cl)nc1.CC(C)c1ncc(Cl)cn1.Cc1ccc(C(C)C)cc1.Cc1ccc(C(C)C)cc1.Cc1ccc(C(C)C)cc1.Cc1ccc(C(C)C)cc1.Cc1ccc(C(C)C)cc1.Cc1ccc(C(C)C)cc1.Cc1ccc(C(C)C)cc1C.Cc1ccc(OC(C)C)cc1.Cc1cccc(C(C)C)c1. The van der Waals surface area contributed by atoms with Crippen molar-refractivity contribution in [2.24, 2.45) is 5.92 Å². The van der Waals surface area contributed by atoms with Gasteiger partial charge in [0.1, 0.15) is 22.5 Å². The minimum atomic E-state index is -0.264. The lowest BCUT2D eigenvalue weighted by Gasteiger charge is -2.10. The molecule has 0 N–H and O–H groups in total. The first kappa shape index (κ1) is 132. The molecule has 146 heavy (non-hydrogen) atoms. The molecule has 10 heteroatoms. The topological polar surface area (TPSA) is 60.8 Å². The summed E-state index contributed by atoms with van der Waals surface area (Å²) in [6.45, 7) is 81.9. The lowest BCUT2D eigenvalue weighted by Crippen LogP contribution is -2.05. The second kappa shape index (κ2) is 72.1. The summed E-state index contributed by atoms with van der Waals surface area (Å²) in [5, 5.41) is 2.18. The third kappa shape index (κ3) is 59.0. The Kier molecular flexibility index (Phi) is 65.1. The predicted octanol–water partition coefficient (Wildman–Crippen LogP) is 43.4. The molecule has 1 saturated carbocycles. The van der Waals surface area contributed by atoms with E-state index in [1.165, 1.54) is 118 Å². The fourth-order valence-electron chi connectivity index (χ4n) is 13.6. The minimum Gasteiger partial charge on any atom is -0.491 e. The van der Waals surface area contributed by atoms with Gasteiger partial charge in [-0.05, 0) is 294 Å². The summed E-state index contributed by atoms with van der Waals surface area (Å²) < 4.78 is 18.9.